The summed E-state index contributed by atoms with van der Waals surface area (Å²) in [5.41, 5.74) is 2.53. The third-order valence-electron chi connectivity index (χ3n) is 4.50. The second-order valence-electron chi connectivity index (χ2n) is 6.50. The molecule has 0 bridgehead atoms. The number of amides is 1. The van der Waals surface area contributed by atoms with Gasteiger partial charge in [-0.2, -0.15) is 0 Å². The lowest BCUT2D eigenvalue weighted by Crippen LogP contribution is -2.36. The van der Waals surface area contributed by atoms with E-state index in [-0.39, 0.29) is 12.6 Å². The lowest BCUT2D eigenvalue weighted by Gasteiger charge is -2.27. The maximum atomic E-state index is 13.5. The van der Waals surface area contributed by atoms with Crippen LogP contribution in [0.4, 0.5) is 15.8 Å². The number of rotatable bonds is 4. The molecule has 2 heterocycles. The van der Waals surface area contributed by atoms with Crippen LogP contribution in [0.1, 0.15) is 10.4 Å². The fourth-order valence-corrected chi connectivity index (χ4v) is 4.22. The summed E-state index contributed by atoms with van der Waals surface area (Å²) in [6, 6.07) is 14.2. The van der Waals surface area contributed by atoms with Crippen molar-refractivity contribution in [2.24, 2.45) is 0 Å². The van der Waals surface area contributed by atoms with Crippen molar-refractivity contribution in [2.45, 2.75) is 0 Å². The minimum absolute atomic E-state index is 0.250. The van der Waals surface area contributed by atoms with Gasteiger partial charge in [-0.25, -0.2) is 8.60 Å². The van der Waals surface area contributed by atoms with Crippen molar-refractivity contribution in [3.8, 4) is 11.3 Å². The van der Waals surface area contributed by atoms with Crippen LogP contribution in [0, 0.1) is 5.82 Å². The van der Waals surface area contributed by atoms with Crippen LogP contribution in [0.2, 0.25) is 5.02 Å². The number of ether oxygens (including phenoxy) is 1. The van der Waals surface area contributed by atoms with E-state index >= 15 is 0 Å². The van der Waals surface area contributed by atoms with Crippen LogP contribution in [0.3, 0.4) is 0 Å². The molecule has 4 rings (SSSR count). The first-order valence-electron chi connectivity index (χ1n) is 9.08. The molecule has 2 aromatic carbocycles. The Hall–Kier alpha value is -2.81. The highest BCUT2D eigenvalue weighted by Crippen LogP contribution is 2.30. The van der Waals surface area contributed by atoms with E-state index in [1.54, 1.807) is 46.8 Å². The number of benzene rings is 2. The number of hydrogen-bond acceptors (Lipinski definition) is 4. The van der Waals surface area contributed by atoms with Crippen molar-refractivity contribution in [1.29, 1.82) is 0 Å². The summed E-state index contributed by atoms with van der Waals surface area (Å²) in [6.07, 6.45) is 1.36. The Morgan fingerprint density at radius 1 is 1.17 bits per heavy atom. The zero-order valence-corrected chi connectivity index (χ0v) is 17.3. The molecule has 0 spiro atoms. The van der Waals surface area contributed by atoms with Crippen LogP contribution in [-0.2, 0) is 15.7 Å². The standard InChI is InChI=1S/C21H17ClFN3O3S/c22-19-6-3-16(12-18(19)20-11-15(23)7-8-24-20)25-21(27)14-1-4-17(5-2-14)26-13-29-9-10-30(26)28/h1-8,11-12H,9-10,13H2,(H,25,27). The smallest absolute Gasteiger partial charge is 0.255 e. The number of nitrogens with one attached hydrogen (secondary N) is 1. The van der Waals surface area contributed by atoms with Gasteiger partial charge < -0.3 is 10.1 Å². The molecule has 1 aromatic heterocycles. The highest BCUT2D eigenvalue weighted by Gasteiger charge is 2.19. The molecule has 0 radical (unpaired) electrons. The van der Waals surface area contributed by atoms with Crippen LogP contribution in [-0.4, -0.2) is 34.2 Å². The van der Waals surface area contributed by atoms with Crippen molar-refractivity contribution in [3.05, 3.63) is 77.2 Å². The van der Waals surface area contributed by atoms with E-state index in [4.69, 9.17) is 16.3 Å². The molecule has 1 atom stereocenters. The molecule has 154 valence electrons. The maximum Gasteiger partial charge on any atom is 0.255 e. The molecule has 9 heteroatoms. The van der Waals surface area contributed by atoms with Gasteiger partial charge in [0.1, 0.15) is 23.5 Å². The molecule has 0 aliphatic carbocycles. The number of halogens is 2. The predicted molar refractivity (Wildman–Crippen MR) is 115 cm³/mol. The quantitative estimate of drug-likeness (QED) is 0.651. The summed E-state index contributed by atoms with van der Waals surface area (Å²) >= 11 is 6.22. The monoisotopic (exact) mass is 445 g/mol. The van der Waals surface area contributed by atoms with Gasteiger partial charge >= 0.3 is 0 Å². The SMILES string of the molecule is O=C(Nc1ccc(Cl)c(-c2cc(F)ccn2)c1)c1ccc(N2COCCS2=O)cc1. The molecule has 1 amide bonds. The number of carbonyl (C=O) groups excluding carboxylic acids is 1. The van der Waals surface area contributed by atoms with E-state index in [0.717, 1.165) is 5.69 Å². The summed E-state index contributed by atoms with van der Waals surface area (Å²) in [7, 11) is -1.14. The van der Waals surface area contributed by atoms with Crippen LogP contribution in [0.5, 0.6) is 0 Å². The Balaban J connectivity index is 1.51. The van der Waals surface area contributed by atoms with Crippen molar-refractivity contribution in [2.75, 3.05) is 28.7 Å². The summed E-state index contributed by atoms with van der Waals surface area (Å²) in [4.78, 5) is 16.8. The molecule has 30 heavy (non-hydrogen) atoms. The molecule has 1 aliphatic rings. The van der Waals surface area contributed by atoms with Crippen LogP contribution >= 0.6 is 11.6 Å². The highest BCUT2D eigenvalue weighted by molar-refractivity contribution is 7.86. The van der Waals surface area contributed by atoms with E-state index in [1.807, 2.05) is 0 Å². The summed E-state index contributed by atoms with van der Waals surface area (Å²) in [5, 5.41) is 3.20. The van der Waals surface area contributed by atoms with Crippen molar-refractivity contribution in [1.82, 2.24) is 4.98 Å². The second kappa shape index (κ2) is 8.91. The average molecular weight is 446 g/mol. The number of hydrogen-bond donors (Lipinski definition) is 1. The number of carbonyl (C=O) groups is 1. The molecular formula is C21H17ClFN3O3S. The molecule has 1 unspecified atom stereocenters. The molecule has 3 aromatic rings. The molecule has 1 fully saturated rings. The van der Waals surface area contributed by atoms with Gasteiger partial charge in [-0.3, -0.25) is 14.1 Å². The first kappa shape index (κ1) is 20.5. The summed E-state index contributed by atoms with van der Waals surface area (Å²) in [6.45, 7) is 0.720. The Labute approximate surface area is 180 Å². The van der Waals surface area contributed by atoms with E-state index in [0.29, 0.717) is 39.9 Å². The first-order valence-corrected chi connectivity index (χ1v) is 10.7. The van der Waals surface area contributed by atoms with E-state index in [1.165, 1.54) is 18.3 Å². The zero-order valence-electron chi connectivity index (χ0n) is 15.7. The Morgan fingerprint density at radius 3 is 2.70 bits per heavy atom. The predicted octanol–water partition coefficient (Wildman–Crippen LogP) is 4.25. The van der Waals surface area contributed by atoms with Crippen LogP contribution < -0.4 is 9.62 Å². The zero-order chi connectivity index (χ0) is 21.1. The number of nitrogens with zero attached hydrogens (tertiary/aromatic N) is 2. The Kier molecular flexibility index (Phi) is 6.08. The van der Waals surface area contributed by atoms with Crippen LogP contribution in [0.15, 0.2) is 60.8 Å². The van der Waals surface area contributed by atoms with E-state index < -0.39 is 16.8 Å². The largest absolute Gasteiger partial charge is 0.359 e. The highest BCUT2D eigenvalue weighted by atomic mass is 35.5. The van der Waals surface area contributed by atoms with Gasteiger partial charge in [0.2, 0.25) is 0 Å². The fourth-order valence-electron chi connectivity index (χ4n) is 2.97. The van der Waals surface area contributed by atoms with Gasteiger partial charge in [-0.1, -0.05) is 11.6 Å². The maximum absolute atomic E-state index is 13.5. The van der Waals surface area contributed by atoms with Crippen LogP contribution in [0.25, 0.3) is 11.3 Å². The summed E-state index contributed by atoms with van der Waals surface area (Å²) < 4.78 is 32.6. The number of anilines is 2. The Bertz CT molecular complexity index is 1110. The van der Waals surface area contributed by atoms with E-state index in [9.17, 15) is 13.4 Å². The third kappa shape index (κ3) is 4.51. The second-order valence-corrected chi connectivity index (χ2v) is 8.40. The lowest BCUT2D eigenvalue weighted by molar-refractivity contribution is 0.102. The van der Waals surface area contributed by atoms with Gasteiger partial charge in [0.15, 0.2) is 0 Å². The number of pyridine rings is 1. The molecule has 0 saturated carbocycles. The third-order valence-corrected chi connectivity index (χ3v) is 6.15. The first-order chi connectivity index (χ1) is 14.5. The van der Waals surface area contributed by atoms with Crippen molar-refractivity contribution >= 4 is 39.9 Å². The molecule has 1 N–H and O–H groups in total. The molecule has 6 nitrogen and oxygen atoms in total. The van der Waals surface area contributed by atoms with Gasteiger partial charge in [0, 0.05) is 29.1 Å². The molecule has 1 aliphatic heterocycles. The minimum atomic E-state index is -1.14. The fraction of sp³-hybridized carbons (Fsp3) is 0.143. The normalized spacial score (nSPS) is 16.3. The number of aromatic nitrogens is 1. The van der Waals surface area contributed by atoms with Gasteiger partial charge in [0.25, 0.3) is 5.91 Å². The van der Waals surface area contributed by atoms with Crippen molar-refractivity contribution < 1.29 is 18.1 Å². The topological polar surface area (TPSA) is 71.5 Å². The average Bonchev–Trinajstić information content (AvgIpc) is 2.75. The molecule has 1 saturated heterocycles. The van der Waals surface area contributed by atoms with E-state index in [2.05, 4.69) is 10.3 Å². The van der Waals surface area contributed by atoms with Gasteiger partial charge in [0.05, 0.1) is 28.8 Å². The summed E-state index contributed by atoms with van der Waals surface area (Å²) in [5.74, 6) is -0.301. The Morgan fingerprint density at radius 2 is 1.97 bits per heavy atom. The van der Waals surface area contributed by atoms with Gasteiger partial charge in [-0.05, 0) is 48.5 Å². The van der Waals surface area contributed by atoms with Crippen molar-refractivity contribution in [3.63, 3.8) is 0 Å². The molecular weight excluding hydrogens is 429 g/mol. The minimum Gasteiger partial charge on any atom is -0.359 e. The van der Waals surface area contributed by atoms with Gasteiger partial charge in [-0.15, -0.1) is 0 Å². The lowest BCUT2D eigenvalue weighted by atomic mass is 10.1.